The average molecular weight is 248 g/mol. The van der Waals surface area contributed by atoms with Crippen molar-refractivity contribution < 1.29 is 0 Å². The summed E-state index contributed by atoms with van der Waals surface area (Å²) in [5.41, 5.74) is 6.57. The SMILES string of the molecule is CC(N)c1cccc(I)n1. The van der Waals surface area contributed by atoms with Crippen LogP contribution >= 0.6 is 22.6 Å². The summed E-state index contributed by atoms with van der Waals surface area (Å²) >= 11 is 2.17. The van der Waals surface area contributed by atoms with E-state index in [0.717, 1.165) is 9.39 Å². The first-order valence-corrected chi connectivity index (χ1v) is 4.16. The Labute approximate surface area is 74.0 Å². The molecule has 1 atom stereocenters. The minimum absolute atomic E-state index is 0.0368. The van der Waals surface area contributed by atoms with Gasteiger partial charge in [-0.3, -0.25) is 0 Å². The Hall–Kier alpha value is -0.160. The van der Waals surface area contributed by atoms with E-state index >= 15 is 0 Å². The Kier molecular flexibility index (Phi) is 2.62. The normalized spacial score (nSPS) is 13.1. The largest absolute Gasteiger partial charge is 0.323 e. The number of rotatable bonds is 1. The maximum Gasteiger partial charge on any atom is 0.101 e. The third-order valence-electron chi connectivity index (χ3n) is 1.20. The van der Waals surface area contributed by atoms with Gasteiger partial charge in [-0.1, -0.05) is 6.07 Å². The molecule has 0 saturated heterocycles. The highest BCUT2D eigenvalue weighted by molar-refractivity contribution is 14.1. The summed E-state index contributed by atoms with van der Waals surface area (Å²) in [7, 11) is 0. The van der Waals surface area contributed by atoms with Gasteiger partial charge in [-0.05, 0) is 41.6 Å². The number of aromatic nitrogens is 1. The molecule has 3 heteroatoms. The summed E-state index contributed by atoms with van der Waals surface area (Å²) in [5.74, 6) is 0. The lowest BCUT2D eigenvalue weighted by Crippen LogP contribution is -2.07. The number of nitrogens with two attached hydrogens (primary N) is 1. The zero-order valence-electron chi connectivity index (χ0n) is 5.71. The third-order valence-corrected chi connectivity index (χ3v) is 1.80. The third kappa shape index (κ3) is 1.91. The van der Waals surface area contributed by atoms with Crippen molar-refractivity contribution in [3.8, 4) is 0 Å². The molecule has 0 fully saturated rings. The molecular weight excluding hydrogens is 239 g/mol. The summed E-state index contributed by atoms with van der Waals surface area (Å²) in [6.07, 6.45) is 0. The fraction of sp³-hybridized carbons (Fsp3) is 0.286. The van der Waals surface area contributed by atoms with E-state index in [0.29, 0.717) is 0 Å². The van der Waals surface area contributed by atoms with E-state index in [9.17, 15) is 0 Å². The zero-order chi connectivity index (χ0) is 7.56. The molecule has 1 unspecified atom stereocenters. The molecule has 1 aromatic heterocycles. The number of nitrogens with zero attached hydrogens (tertiary/aromatic N) is 1. The van der Waals surface area contributed by atoms with Crippen molar-refractivity contribution in [2.24, 2.45) is 5.73 Å². The first-order chi connectivity index (χ1) is 4.70. The summed E-state index contributed by atoms with van der Waals surface area (Å²) in [6.45, 7) is 1.93. The lowest BCUT2D eigenvalue weighted by atomic mass is 10.2. The molecule has 0 aromatic carbocycles. The summed E-state index contributed by atoms with van der Waals surface area (Å²) in [4.78, 5) is 4.23. The number of halogens is 1. The van der Waals surface area contributed by atoms with E-state index in [1.54, 1.807) is 0 Å². The van der Waals surface area contributed by atoms with Crippen LogP contribution in [0.25, 0.3) is 0 Å². The lowest BCUT2D eigenvalue weighted by Gasteiger charge is -2.02. The van der Waals surface area contributed by atoms with Gasteiger partial charge >= 0.3 is 0 Å². The maximum atomic E-state index is 5.62. The van der Waals surface area contributed by atoms with E-state index in [1.807, 2.05) is 25.1 Å². The molecule has 2 N–H and O–H groups in total. The van der Waals surface area contributed by atoms with Crippen LogP contribution in [0.3, 0.4) is 0 Å². The number of hydrogen-bond acceptors (Lipinski definition) is 2. The van der Waals surface area contributed by atoms with Gasteiger partial charge in [-0.25, -0.2) is 4.98 Å². The van der Waals surface area contributed by atoms with Gasteiger partial charge in [0.05, 0.1) is 5.69 Å². The van der Waals surface area contributed by atoms with Crippen molar-refractivity contribution in [1.29, 1.82) is 0 Å². The maximum absolute atomic E-state index is 5.62. The van der Waals surface area contributed by atoms with Crippen molar-refractivity contribution in [3.63, 3.8) is 0 Å². The van der Waals surface area contributed by atoms with Crippen LogP contribution in [-0.4, -0.2) is 4.98 Å². The minimum atomic E-state index is 0.0368. The van der Waals surface area contributed by atoms with Crippen molar-refractivity contribution >= 4 is 22.6 Å². The van der Waals surface area contributed by atoms with Crippen LogP contribution in [0.1, 0.15) is 18.7 Å². The van der Waals surface area contributed by atoms with Gasteiger partial charge in [-0.15, -0.1) is 0 Å². The van der Waals surface area contributed by atoms with Gasteiger partial charge in [0.15, 0.2) is 0 Å². The molecule has 0 spiro atoms. The second-order valence-corrected chi connectivity index (χ2v) is 3.28. The molecule has 2 nitrogen and oxygen atoms in total. The summed E-state index contributed by atoms with van der Waals surface area (Å²) in [6, 6.07) is 5.89. The smallest absolute Gasteiger partial charge is 0.101 e. The zero-order valence-corrected chi connectivity index (χ0v) is 7.87. The molecule has 0 aliphatic rings. The Morgan fingerprint density at radius 1 is 1.60 bits per heavy atom. The Bertz CT molecular complexity index is 223. The van der Waals surface area contributed by atoms with Crippen LogP contribution in [0.5, 0.6) is 0 Å². The highest BCUT2D eigenvalue weighted by Gasteiger charge is 1.98. The van der Waals surface area contributed by atoms with Crippen molar-refractivity contribution in [2.45, 2.75) is 13.0 Å². The quantitative estimate of drug-likeness (QED) is 0.606. The van der Waals surface area contributed by atoms with E-state index in [2.05, 4.69) is 27.6 Å². The van der Waals surface area contributed by atoms with Gasteiger partial charge in [-0.2, -0.15) is 0 Å². The first kappa shape index (κ1) is 7.94. The van der Waals surface area contributed by atoms with Gasteiger partial charge in [0.2, 0.25) is 0 Å². The summed E-state index contributed by atoms with van der Waals surface area (Å²) < 4.78 is 0.993. The summed E-state index contributed by atoms with van der Waals surface area (Å²) in [5, 5.41) is 0. The number of hydrogen-bond donors (Lipinski definition) is 1. The molecule has 0 saturated carbocycles. The topological polar surface area (TPSA) is 38.9 Å². The van der Waals surface area contributed by atoms with Crippen molar-refractivity contribution in [2.75, 3.05) is 0 Å². The number of pyridine rings is 1. The predicted octanol–water partition coefficient (Wildman–Crippen LogP) is 1.71. The Morgan fingerprint density at radius 2 is 2.30 bits per heavy atom. The van der Waals surface area contributed by atoms with Crippen LogP contribution in [0.2, 0.25) is 0 Å². The lowest BCUT2D eigenvalue weighted by molar-refractivity contribution is 0.777. The molecule has 0 aliphatic carbocycles. The molecule has 0 bridgehead atoms. The monoisotopic (exact) mass is 248 g/mol. The highest BCUT2D eigenvalue weighted by atomic mass is 127. The van der Waals surface area contributed by atoms with E-state index in [1.165, 1.54) is 0 Å². The van der Waals surface area contributed by atoms with Gasteiger partial charge < -0.3 is 5.73 Å². The molecule has 54 valence electrons. The molecule has 1 rings (SSSR count). The second-order valence-electron chi connectivity index (χ2n) is 2.17. The molecule has 0 amide bonds. The van der Waals surface area contributed by atoms with Crippen molar-refractivity contribution in [1.82, 2.24) is 4.98 Å². The molecule has 1 heterocycles. The fourth-order valence-electron chi connectivity index (χ4n) is 0.678. The standard InChI is InChI=1S/C7H9IN2/c1-5(9)6-3-2-4-7(8)10-6/h2-5H,9H2,1H3. The van der Waals surface area contributed by atoms with E-state index in [-0.39, 0.29) is 6.04 Å². The second kappa shape index (κ2) is 3.30. The van der Waals surface area contributed by atoms with Crippen LogP contribution in [0.15, 0.2) is 18.2 Å². The molecule has 0 radical (unpaired) electrons. The van der Waals surface area contributed by atoms with Crippen LogP contribution in [0, 0.1) is 3.70 Å². The molecule has 0 aliphatic heterocycles. The van der Waals surface area contributed by atoms with Crippen LogP contribution in [-0.2, 0) is 0 Å². The predicted molar refractivity (Wildman–Crippen MR) is 49.6 cm³/mol. The molecule has 10 heavy (non-hydrogen) atoms. The highest BCUT2D eigenvalue weighted by Crippen LogP contribution is 2.07. The van der Waals surface area contributed by atoms with E-state index in [4.69, 9.17) is 5.73 Å². The van der Waals surface area contributed by atoms with Gasteiger partial charge in [0.1, 0.15) is 3.70 Å². The van der Waals surface area contributed by atoms with Gasteiger partial charge in [0.25, 0.3) is 0 Å². The Balaban J connectivity index is 2.96. The Morgan fingerprint density at radius 3 is 2.70 bits per heavy atom. The van der Waals surface area contributed by atoms with Crippen molar-refractivity contribution in [3.05, 3.63) is 27.6 Å². The van der Waals surface area contributed by atoms with E-state index < -0.39 is 0 Å². The minimum Gasteiger partial charge on any atom is -0.323 e. The molecular formula is C7H9IN2. The fourth-order valence-corrected chi connectivity index (χ4v) is 1.16. The average Bonchev–Trinajstić information content (AvgIpc) is 1.88. The molecule has 1 aromatic rings. The van der Waals surface area contributed by atoms with Gasteiger partial charge in [0, 0.05) is 6.04 Å². The van der Waals surface area contributed by atoms with Crippen LogP contribution < -0.4 is 5.73 Å². The van der Waals surface area contributed by atoms with Crippen LogP contribution in [0.4, 0.5) is 0 Å². The first-order valence-electron chi connectivity index (χ1n) is 3.08.